The van der Waals surface area contributed by atoms with E-state index < -0.39 is 42.5 Å². The zero-order chi connectivity index (χ0) is 19.8. The second kappa shape index (κ2) is 6.65. The van der Waals surface area contributed by atoms with E-state index in [9.17, 15) is 22.8 Å². The number of amides is 2. The van der Waals surface area contributed by atoms with Crippen LogP contribution in [0, 0.1) is 0 Å². The van der Waals surface area contributed by atoms with Crippen molar-refractivity contribution in [2.75, 3.05) is 20.1 Å². The molecule has 0 aliphatic carbocycles. The number of ether oxygens (including phenoxy) is 2. The average Bonchev–Trinajstić information content (AvgIpc) is 2.47. The van der Waals surface area contributed by atoms with Gasteiger partial charge in [0, 0.05) is 7.05 Å². The molecular weight excluding hydrogens is 355 g/mol. The van der Waals surface area contributed by atoms with Gasteiger partial charge in [-0.25, -0.2) is 9.78 Å². The van der Waals surface area contributed by atoms with Crippen LogP contribution >= 0.6 is 0 Å². The van der Waals surface area contributed by atoms with Gasteiger partial charge in [0.25, 0.3) is 5.91 Å². The number of rotatable bonds is 3. The summed E-state index contributed by atoms with van der Waals surface area (Å²) < 4.78 is 50.6. The highest BCUT2D eigenvalue weighted by Gasteiger charge is 2.66. The van der Waals surface area contributed by atoms with Crippen molar-refractivity contribution in [3.05, 3.63) is 24.0 Å². The number of halogens is 3. The first kappa shape index (κ1) is 19.8. The number of pyridine rings is 1. The van der Waals surface area contributed by atoms with E-state index in [2.05, 4.69) is 10.3 Å². The number of hydrogen-bond donors (Lipinski definition) is 1. The topological polar surface area (TPSA) is 80.8 Å². The molecule has 0 aromatic carbocycles. The Morgan fingerprint density at radius 2 is 1.85 bits per heavy atom. The largest absolute Gasteiger partial charge is 0.472 e. The summed E-state index contributed by atoms with van der Waals surface area (Å²) in [5.41, 5.74) is -3.31. The molecule has 0 atom stereocenters. The van der Waals surface area contributed by atoms with Gasteiger partial charge in [-0.05, 0) is 32.9 Å². The van der Waals surface area contributed by atoms with Crippen molar-refractivity contribution in [3.63, 3.8) is 0 Å². The molecular formula is C16H20F3N3O4. The van der Waals surface area contributed by atoms with E-state index in [0.29, 0.717) is 0 Å². The number of carbonyl (C=O) groups is 2. The van der Waals surface area contributed by atoms with E-state index in [-0.39, 0.29) is 11.4 Å². The van der Waals surface area contributed by atoms with Crippen LogP contribution in [0.25, 0.3) is 0 Å². The second-order valence-electron chi connectivity index (χ2n) is 6.89. The Hall–Kier alpha value is -2.52. The van der Waals surface area contributed by atoms with Crippen LogP contribution in [-0.4, -0.2) is 59.4 Å². The molecule has 1 aliphatic rings. The minimum Gasteiger partial charge on any atom is -0.472 e. The molecule has 2 rings (SSSR count). The van der Waals surface area contributed by atoms with Gasteiger partial charge in [-0.3, -0.25) is 9.69 Å². The highest BCUT2D eigenvalue weighted by Crippen LogP contribution is 2.41. The molecule has 144 valence electrons. The summed E-state index contributed by atoms with van der Waals surface area (Å²) in [6.45, 7) is 3.48. The van der Waals surface area contributed by atoms with Crippen LogP contribution in [0.4, 0.5) is 18.0 Å². The van der Waals surface area contributed by atoms with Crippen molar-refractivity contribution in [1.82, 2.24) is 15.2 Å². The predicted octanol–water partition coefficient (Wildman–Crippen LogP) is 2.37. The summed E-state index contributed by atoms with van der Waals surface area (Å²) in [5, 5.41) is 2.35. The van der Waals surface area contributed by atoms with Crippen molar-refractivity contribution in [2.24, 2.45) is 0 Å². The number of aromatic nitrogens is 1. The molecule has 2 amide bonds. The number of alkyl halides is 3. The fourth-order valence-corrected chi connectivity index (χ4v) is 2.26. The third-order valence-corrected chi connectivity index (χ3v) is 3.57. The third-order valence-electron chi connectivity index (χ3n) is 3.57. The third kappa shape index (κ3) is 4.17. The summed E-state index contributed by atoms with van der Waals surface area (Å²) >= 11 is 0. The molecule has 1 aromatic rings. The maximum atomic E-state index is 13.5. The highest BCUT2D eigenvalue weighted by atomic mass is 19.4. The summed E-state index contributed by atoms with van der Waals surface area (Å²) in [6.07, 6.45) is -4.51. The summed E-state index contributed by atoms with van der Waals surface area (Å²) in [7, 11) is 1.41. The molecule has 1 aliphatic heterocycles. The average molecular weight is 375 g/mol. The number of carbonyl (C=O) groups excluding carboxylic acids is 2. The minimum atomic E-state index is -4.70. The standard InChI is InChI=1S/C16H20F3N3O4/c1-14(2,3)26-13(24)22-8-15(9-22,16(17,18)19)25-10-5-6-11(21-7-10)12(23)20-4/h5-7H,8-9H2,1-4H3,(H,20,23). The van der Waals surface area contributed by atoms with Gasteiger partial charge in [-0.15, -0.1) is 0 Å². The Bertz CT molecular complexity index is 677. The lowest BCUT2D eigenvalue weighted by Gasteiger charge is -2.49. The predicted molar refractivity (Wildman–Crippen MR) is 84.8 cm³/mol. The van der Waals surface area contributed by atoms with Crippen LogP contribution in [0.3, 0.4) is 0 Å². The van der Waals surface area contributed by atoms with Crippen molar-refractivity contribution >= 4 is 12.0 Å². The maximum absolute atomic E-state index is 13.5. The normalized spacial score (nSPS) is 16.5. The molecule has 0 spiro atoms. The zero-order valence-electron chi connectivity index (χ0n) is 14.8. The lowest BCUT2D eigenvalue weighted by atomic mass is 9.93. The molecule has 1 saturated heterocycles. The van der Waals surface area contributed by atoms with Crippen LogP contribution in [-0.2, 0) is 4.74 Å². The quantitative estimate of drug-likeness (QED) is 0.877. The SMILES string of the molecule is CNC(=O)c1ccc(OC2(C(F)(F)F)CN(C(=O)OC(C)(C)C)C2)cn1. The van der Waals surface area contributed by atoms with Gasteiger partial charge in [-0.2, -0.15) is 13.2 Å². The molecule has 26 heavy (non-hydrogen) atoms. The molecule has 10 heteroatoms. The first-order chi connectivity index (χ1) is 11.9. The maximum Gasteiger partial charge on any atom is 0.431 e. The van der Waals surface area contributed by atoms with Gasteiger partial charge in [-0.1, -0.05) is 0 Å². The van der Waals surface area contributed by atoms with Crippen molar-refractivity contribution in [2.45, 2.75) is 38.1 Å². The van der Waals surface area contributed by atoms with Crippen molar-refractivity contribution in [1.29, 1.82) is 0 Å². The molecule has 1 N–H and O–H groups in total. The van der Waals surface area contributed by atoms with E-state index in [4.69, 9.17) is 9.47 Å². The summed E-state index contributed by atoms with van der Waals surface area (Å²) in [4.78, 5) is 28.0. The van der Waals surface area contributed by atoms with E-state index in [0.717, 1.165) is 11.1 Å². The van der Waals surface area contributed by atoms with Crippen LogP contribution in [0.2, 0.25) is 0 Å². The van der Waals surface area contributed by atoms with E-state index in [1.54, 1.807) is 20.8 Å². The van der Waals surface area contributed by atoms with Crippen molar-refractivity contribution < 1.29 is 32.2 Å². The molecule has 2 heterocycles. The van der Waals surface area contributed by atoms with Crippen LogP contribution in [0.15, 0.2) is 18.3 Å². The van der Waals surface area contributed by atoms with E-state index in [1.165, 1.54) is 19.2 Å². The Morgan fingerprint density at radius 3 is 2.27 bits per heavy atom. The Labute approximate surface area is 148 Å². The van der Waals surface area contributed by atoms with Gasteiger partial charge in [0.05, 0.1) is 19.3 Å². The Kier molecular flexibility index (Phi) is 5.07. The number of nitrogens with one attached hydrogen (secondary N) is 1. The van der Waals surface area contributed by atoms with Gasteiger partial charge < -0.3 is 14.8 Å². The summed E-state index contributed by atoms with van der Waals surface area (Å²) in [5.74, 6) is -0.624. The first-order valence-corrected chi connectivity index (χ1v) is 7.79. The van der Waals surface area contributed by atoms with Crippen LogP contribution in [0.5, 0.6) is 5.75 Å². The van der Waals surface area contributed by atoms with Gasteiger partial charge in [0.1, 0.15) is 17.0 Å². The lowest BCUT2D eigenvalue weighted by molar-refractivity contribution is -0.284. The lowest BCUT2D eigenvalue weighted by Crippen LogP contribution is -2.73. The van der Waals surface area contributed by atoms with Crippen LogP contribution in [0.1, 0.15) is 31.3 Å². The van der Waals surface area contributed by atoms with Gasteiger partial charge in [0.2, 0.25) is 5.60 Å². The minimum absolute atomic E-state index is 0.0462. The highest BCUT2D eigenvalue weighted by molar-refractivity contribution is 5.91. The second-order valence-corrected chi connectivity index (χ2v) is 6.89. The molecule has 0 bridgehead atoms. The van der Waals surface area contributed by atoms with Crippen LogP contribution < -0.4 is 10.1 Å². The summed E-state index contributed by atoms with van der Waals surface area (Å²) in [6, 6.07) is 2.48. The van der Waals surface area contributed by atoms with Gasteiger partial charge in [0.15, 0.2) is 0 Å². The molecule has 1 fully saturated rings. The molecule has 0 unspecified atom stereocenters. The molecule has 0 saturated carbocycles. The Morgan fingerprint density at radius 1 is 1.23 bits per heavy atom. The van der Waals surface area contributed by atoms with E-state index in [1.807, 2.05) is 0 Å². The number of likely N-dealkylation sites (tertiary alicyclic amines) is 1. The molecule has 7 nitrogen and oxygen atoms in total. The van der Waals surface area contributed by atoms with Gasteiger partial charge >= 0.3 is 12.3 Å². The molecule has 1 aromatic heterocycles. The fraction of sp³-hybridized carbons (Fsp3) is 0.562. The van der Waals surface area contributed by atoms with Crippen molar-refractivity contribution in [3.8, 4) is 5.75 Å². The van der Waals surface area contributed by atoms with E-state index >= 15 is 0 Å². The zero-order valence-corrected chi connectivity index (χ0v) is 14.8. The smallest absolute Gasteiger partial charge is 0.431 e. The first-order valence-electron chi connectivity index (χ1n) is 7.79. The molecule has 0 radical (unpaired) electrons. The number of nitrogens with zero attached hydrogens (tertiary/aromatic N) is 2. The number of hydrogen-bond acceptors (Lipinski definition) is 5. The monoisotopic (exact) mass is 375 g/mol. The Balaban J connectivity index is 2.11. The fourth-order valence-electron chi connectivity index (χ4n) is 2.26.